The summed E-state index contributed by atoms with van der Waals surface area (Å²) in [5.74, 6) is -2.60. The average molecular weight is 411 g/mol. The van der Waals surface area contributed by atoms with Gasteiger partial charge in [0, 0.05) is 43.0 Å². The van der Waals surface area contributed by atoms with Gasteiger partial charge in [-0.25, -0.2) is 18.7 Å². The van der Waals surface area contributed by atoms with Crippen LogP contribution in [0.1, 0.15) is 27.1 Å². The number of hydrogen-bond donors (Lipinski definition) is 2. The second-order valence-electron chi connectivity index (χ2n) is 7.22. The first-order valence-corrected chi connectivity index (χ1v) is 9.44. The van der Waals surface area contributed by atoms with Crippen molar-refractivity contribution in [3.05, 3.63) is 65.6 Å². The van der Waals surface area contributed by atoms with Gasteiger partial charge in [-0.3, -0.25) is 9.59 Å². The summed E-state index contributed by atoms with van der Waals surface area (Å²) in [5, 5.41) is 3.45. The number of halogens is 2. The number of hydrogen-bond acceptors (Lipinski definition) is 5. The molecule has 1 saturated heterocycles. The first-order valence-electron chi connectivity index (χ1n) is 9.44. The number of carbonyl (C=O) groups is 2. The molecule has 1 unspecified atom stereocenters. The molecule has 7 nitrogen and oxygen atoms in total. The van der Waals surface area contributed by atoms with Gasteiger partial charge in [-0.2, -0.15) is 0 Å². The van der Waals surface area contributed by atoms with Crippen LogP contribution in [0.25, 0.3) is 10.9 Å². The van der Waals surface area contributed by atoms with Crippen LogP contribution in [0.4, 0.5) is 14.5 Å². The molecule has 3 aromatic rings. The molecule has 3 N–H and O–H groups in total. The second-order valence-corrected chi connectivity index (χ2v) is 7.22. The summed E-state index contributed by atoms with van der Waals surface area (Å²) in [5.41, 5.74) is 6.97. The van der Waals surface area contributed by atoms with Crippen molar-refractivity contribution in [2.45, 2.75) is 6.42 Å². The lowest BCUT2D eigenvalue weighted by molar-refractivity contribution is 0.0943. The van der Waals surface area contributed by atoms with Crippen LogP contribution in [0, 0.1) is 17.6 Å². The van der Waals surface area contributed by atoms with Crippen LogP contribution in [-0.4, -0.2) is 41.4 Å². The van der Waals surface area contributed by atoms with E-state index in [4.69, 9.17) is 5.73 Å². The van der Waals surface area contributed by atoms with Crippen LogP contribution in [0.2, 0.25) is 0 Å². The minimum absolute atomic E-state index is 0.146. The van der Waals surface area contributed by atoms with Gasteiger partial charge in [0.25, 0.3) is 11.8 Å². The summed E-state index contributed by atoms with van der Waals surface area (Å²) >= 11 is 0. The van der Waals surface area contributed by atoms with Crippen molar-refractivity contribution in [3.63, 3.8) is 0 Å². The number of amides is 2. The smallest absolute Gasteiger partial charge is 0.254 e. The number of nitrogens with one attached hydrogen (secondary N) is 1. The number of nitrogens with two attached hydrogens (primary N) is 1. The van der Waals surface area contributed by atoms with Gasteiger partial charge in [-0.1, -0.05) is 0 Å². The molecule has 0 spiro atoms. The lowest BCUT2D eigenvalue weighted by atomic mass is 10.1. The van der Waals surface area contributed by atoms with E-state index in [1.807, 2.05) is 6.07 Å². The third-order valence-corrected chi connectivity index (χ3v) is 5.27. The Morgan fingerprint density at radius 3 is 2.77 bits per heavy atom. The molecule has 1 fully saturated rings. The zero-order valence-corrected chi connectivity index (χ0v) is 15.9. The Bertz CT molecular complexity index is 1140. The van der Waals surface area contributed by atoms with Crippen molar-refractivity contribution in [2.24, 2.45) is 11.7 Å². The Morgan fingerprint density at radius 1 is 1.20 bits per heavy atom. The number of benzene rings is 2. The molecular formula is C21H19F2N5O2. The van der Waals surface area contributed by atoms with Crippen molar-refractivity contribution in [3.8, 4) is 0 Å². The highest BCUT2D eigenvalue weighted by molar-refractivity contribution is 6.08. The standard InChI is InChI=1S/C21H19F2N5O2/c22-13-1-2-14(17(23)7-13)21(30)26-8-12-5-6-28(10-12)18-4-3-15(20(24)29)19-16(18)9-25-11-27-19/h1-4,7,9,11-12H,5-6,8,10H2,(H2,24,29)(H,26,30). The van der Waals surface area contributed by atoms with Gasteiger partial charge >= 0.3 is 0 Å². The summed E-state index contributed by atoms with van der Waals surface area (Å²) in [6.07, 6.45) is 3.84. The number of primary amides is 1. The molecule has 0 aliphatic carbocycles. The van der Waals surface area contributed by atoms with E-state index in [0.29, 0.717) is 30.2 Å². The quantitative estimate of drug-likeness (QED) is 0.671. The average Bonchev–Trinajstić information content (AvgIpc) is 3.20. The van der Waals surface area contributed by atoms with E-state index in [2.05, 4.69) is 20.2 Å². The van der Waals surface area contributed by atoms with Crippen LogP contribution in [-0.2, 0) is 0 Å². The van der Waals surface area contributed by atoms with Crippen LogP contribution in [0.15, 0.2) is 42.9 Å². The summed E-state index contributed by atoms with van der Waals surface area (Å²) in [4.78, 5) is 34.3. The Hall–Kier alpha value is -3.62. The Morgan fingerprint density at radius 2 is 2.00 bits per heavy atom. The predicted molar refractivity (Wildman–Crippen MR) is 107 cm³/mol. The maximum absolute atomic E-state index is 13.8. The molecule has 154 valence electrons. The van der Waals surface area contributed by atoms with Crippen molar-refractivity contribution in [1.29, 1.82) is 0 Å². The third-order valence-electron chi connectivity index (χ3n) is 5.27. The molecule has 0 radical (unpaired) electrons. The van der Waals surface area contributed by atoms with Gasteiger partial charge in [0.2, 0.25) is 0 Å². The van der Waals surface area contributed by atoms with Crippen LogP contribution in [0.5, 0.6) is 0 Å². The number of aromatic nitrogens is 2. The Kier molecular flexibility index (Phi) is 5.26. The largest absolute Gasteiger partial charge is 0.371 e. The minimum Gasteiger partial charge on any atom is -0.371 e. The molecule has 0 saturated carbocycles. The molecule has 1 aliphatic heterocycles. The maximum atomic E-state index is 13.8. The van der Waals surface area contributed by atoms with E-state index in [1.54, 1.807) is 12.3 Å². The van der Waals surface area contributed by atoms with Gasteiger partial charge in [-0.05, 0) is 36.6 Å². The first-order chi connectivity index (χ1) is 14.4. The van der Waals surface area contributed by atoms with Gasteiger partial charge in [0.05, 0.1) is 16.6 Å². The highest BCUT2D eigenvalue weighted by atomic mass is 19.1. The van der Waals surface area contributed by atoms with E-state index in [1.165, 1.54) is 6.33 Å². The first kappa shape index (κ1) is 19.7. The summed E-state index contributed by atoms with van der Waals surface area (Å²) in [6, 6.07) is 6.35. The topological polar surface area (TPSA) is 101 Å². The molecule has 1 aliphatic rings. The van der Waals surface area contributed by atoms with Crippen LogP contribution in [0.3, 0.4) is 0 Å². The molecular weight excluding hydrogens is 392 g/mol. The minimum atomic E-state index is -0.887. The molecule has 0 bridgehead atoms. The van der Waals surface area contributed by atoms with Gasteiger partial charge < -0.3 is 16.0 Å². The van der Waals surface area contributed by atoms with Gasteiger partial charge in [0.1, 0.15) is 18.0 Å². The summed E-state index contributed by atoms with van der Waals surface area (Å²) in [6.45, 7) is 1.76. The number of anilines is 1. The number of fused-ring (bicyclic) bond motifs is 1. The predicted octanol–water partition coefficient (Wildman–Crippen LogP) is 2.26. The molecule has 1 atom stereocenters. The molecule has 9 heteroatoms. The van der Waals surface area contributed by atoms with E-state index >= 15 is 0 Å². The fraction of sp³-hybridized carbons (Fsp3) is 0.238. The van der Waals surface area contributed by atoms with E-state index < -0.39 is 23.4 Å². The highest BCUT2D eigenvalue weighted by Crippen LogP contribution is 2.31. The zero-order valence-electron chi connectivity index (χ0n) is 15.9. The van der Waals surface area contributed by atoms with Crippen molar-refractivity contribution >= 4 is 28.4 Å². The fourth-order valence-corrected chi connectivity index (χ4v) is 3.76. The normalized spacial score (nSPS) is 16.1. The molecule has 30 heavy (non-hydrogen) atoms. The third kappa shape index (κ3) is 3.78. The van der Waals surface area contributed by atoms with Gasteiger partial charge in [-0.15, -0.1) is 0 Å². The van der Waals surface area contributed by atoms with E-state index in [-0.39, 0.29) is 11.5 Å². The number of nitrogens with zero attached hydrogens (tertiary/aromatic N) is 3. The second kappa shape index (κ2) is 8.02. The highest BCUT2D eigenvalue weighted by Gasteiger charge is 2.26. The fourth-order valence-electron chi connectivity index (χ4n) is 3.76. The number of carbonyl (C=O) groups excluding carboxylic acids is 2. The Balaban J connectivity index is 1.46. The zero-order chi connectivity index (χ0) is 21.3. The number of rotatable bonds is 5. The lowest BCUT2D eigenvalue weighted by Gasteiger charge is -2.21. The van der Waals surface area contributed by atoms with Gasteiger partial charge in [0.15, 0.2) is 0 Å². The molecule has 2 aromatic carbocycles. The van der Waals surface area contributed by atoms with Crippen LogP contribution >= 0.6 is 0 Å². The summed E-state index contributed by atoms with van der Waals surface area (Å²) < 4.78 is 26.8. The molecule has 1 aromatic heterocycles. The van der Waals surface area contributed by atoms with E-state index in [9.17, 15) is 18.4 Å². The van der Waals surface area contributed by atoms with Crippen molar-refractivity contribution < 1.29 is 18.4 Å². The van der Waals surface area contributed by atoms with E-state index in [0.717, 1.165) is 36.2 Å². The van der Waals surface area contributed by atoms with Crippen molar-refractivity contribution in [2.75, 3.05) is 24.5 Å². The molecule has 2 amide bonds. The van der Waals surface area contributed by atoms with Crippen molar-refractivity contribution in [1.82, 2.24) is 15.3 Å². The Labute approximate surface area is 170 Å². The lowest BCUT2D eigenvalue weighted by Crippen LogP contribution is -2.31. The van der Waals surface area contributed by atoms with Crippen LogP contribution < -0.4 is 16.0 Å². The SMILES string of the molecule is NC(=O)c1ccc(N2CCC(CNC(=O)c3ccc(F)cc3F)C2)c2cncnc12. The molecule has 4 rings (SSSR count). The maximum Gasteiger partial charge on any atom is 0.254 e. The monoisotopic (exact) mass is 411 g/mol. The summed E-state index contributed by atoms with van der Waals surface area (Å²) in [7, 11) is 0. The molecule has 2 heterocycles.